The summed E-state index contributed by atoms with van der Waals surface area (Å²) in [7, 11) is 0. The highest BCUT2D eigenvalue weighted by molar-refractivity contribution is 5.82. The third kappa shape index (κ3) is 2.79. The number of guanidine groups is 1. The molecule has 1 aromatic rings. The van der Waals surface area contributed by atoms with E-state index in [4.69, 9.17) is 11.0 Å². The highest BCUT2D eigenvalue weighted by Crippen LogP contribution is 2.13. The van der Waals surface area contributed by atoms with E-state index in [0.29, 0.717) is 0 Å². The molecule has 0 unspecified atom stereocenters. The topological polar surface area (TPSA) is 74.2 Å². The minimum atomic E-state index is 0.112. The molecule has 0 heterocycles. The van der Waals surface area contributed by atoms with Gasteiger partial charge in [-0.1, -0.05) is 19.1 Å². The van der Waals surface area contributed by atoms with Gasteiger partial charge in [0.2, 0.25) is 5.96 Å². The summed E-state index contributed by atoms with van der Waals surface area (Å²) in [6.07, 6.45) is 2.66. The lowest BCUT2D eigenvalue weighted by molar-refractivity contribution is 1.14. The summed E-state index contributed by atoms with van der Waals surface area (Å²) in [5.41, 5.74) is 7.37. The van der Waals surface area contributed by atoms with E-state index in [1.165, 1.54) is 5.56 Å². The second-order valence-corrected chi connectivity index (χ2v) is 2.76. The molecule has 0 saturated carbocycles. The zero-order valence-electron chi connectivity index (χ0n) is 7.99. The minimum Gasteiger partial charge on any atom is -0.369 e. The molecule has 72 valence electrons. The summed E-state index contributed by atoms with van der Waals surface area (Å²) < 4.78 is 0. The van der Waals surface area contributed by atoms with E-state index in [0.717, 1.165) is 12.1 Å². The summed E-state index contributed by atoms with van der Waals surface area (Å²) in [4.78, 5) is 4.02. The molecule has 0 bridgehead atoms. The van der Waals surface area contributed by atoms with Gasteiger partial charge in [0.15, 0.2) is 6.19 Å². The van der Waals surface area contributed by atoms with Gasteiger partial charge in [-0.05, 0) is 24.1 Å². The predicted octanol–water partition coefficient (Wildman–Crippen LogP) is 1.27. The van der Waals surface area contributed by atoms with Crippen LogP contribution in [0.4, 0.5) is 5.69 Å². The lowest BCUT2D eigenvalue weighted by atomic mass is 10.1. The number of hydrogen-bond donors (Lipinski definition) is 2. The average molecular weight is 188 g/mol. The van der Waals surface area contributed by atoms with E-state index in [2.05, 4.69) is 17.2 Å². The van der Waals surface area contributed by atoms with Gasteiger partial charge in [-0.25, -0.2) is 4.99 Å². The quantitative estimate of drug-likeness (QED) is 0.317. The normalized spacial score (nSPS) is 10.7. The largest absolute Gasteiger partial charge is 0.369 e. The van der Waals surface area contributed by atoms with Gasteiger partial charge in [0.25, 0.3) is 0 Å². The number of benzene rings is 1. The molecule has 4 heteroatoms. The predicted molar refractivity (Wildman–Crippen MR) is 55.9 cm³/mol. The Labute approximate surface area is 83.1 Å². The van der Waals surface area contributed by atoms with Crippen LogP contribution in [-0.4, -0.2) is 5.96 Å². The summed E-state index contributed by atoms with van der Waals surface area (Å²) in [6, 6.07) is 7.71. The molecule has 0 aliphatic carbocycles. The molecule has 0 aromatic heterocycles. The van der Waals surface area contributed by atoms with Gasteiger partial charge in [-0.2, -0.15) is 5.26 Å². The Morgan fingerprint density at radius 2 is 2.43 bits per heavy atom. The van der Waals surface area contributed by atoms with Crippen LogP contribution in [0.2, 0.25) is 0 Å². The van der Waals surface area contributed by atoms with E-state index < -0.39 is 0 Å². The van der Waals surface area contributed by atoms with Gasteiger partial charge in [0.05, 0.1) is 5.69 Å². The lowest BCUT2D eigenvalue weighted by Crippen LogP contribution is -2.26. The highest BCUT2D eigenvalue weighted by Gasteiger charge is 1.93. The smallest absolute Gasteiger partial charge is 0.207 e. The van der Waals surface area contributed by atoms with Crippen molar-refractivity contribution in [3.8, 4) is 6.19 Å². The van der Waals surface area contributed by atoms with Crippen LogP contribution in [0.15, 0.2) is 29.3 Å². The van der Waals surface area contributed by atoms with Crippen molar-refractivity contribution in [1.29, 1.82) is 5.26 Å². The van der Waals surface area contributed by atoms with Gasteiger partial charge in [-0.15, -0.1) is 0 Å². The van der Waals surface area contributed by atoms with E-state index in [1.807, 2.05) is 24.3 Å². The van der Waals surface area contributed by atoms with Crippen molar-refractivity contribution in [2.45, 2.75) is 13.3 Å². The SMILES string of the molecule is CCc1cccc(N=C(N)NC#N)c1. The number of nitrogens with two attached hydrogens (primary N) is 1. The first-order valence-corrected chi connectivity index (χ1v) is 4.34. The fourth-order valence-corrected chi connectivity index (χ4v) is 1.07. The molecule has 0 aliphatic heterocycles. The van der Waals surface area contributed by atoms with Crippen molar-refractivity contribution < 1.29 is 0 Å². The van der Waals surface area contributed by atoms with E-state index in [-0.39, 0.29) is 5.96 Å². The Morgan fingerprint density at radius 3 is 3.07 bits per heavy atom. The molecule has 0 amide bonds. The van der Waals surface area contributed by atoms with Crippen LogP contribution in [0.1, 0.15) is 12.5 Å². The number of nitriles is 1. The Kier molecular flexibility index (Phi) is 3.50. The first-order chi connectivity index (χ1) is 6.76. The van der Waals surface area contributed by atoms with Crippen LogP contribution >= 0.6 is 0 Å². The lowest BCUT2D eigenvalue weighted by Gasteiger charge is -1.99. The standard InChI is InChI=1S/C10H12N4/c1-2-8-4-3-5-9(6-8)14-10(12)13-7-11/h3-6H,2H2,1H3,(H3,12,13,14). The van der Waals surface area contributed by atoms with Crippen LogP contribution in [-0.2, 0) is 6.42 Å². The van der Waals surface area contributed by atoms with Crippen LogP contribution in [0.25, 0.3) is 0 Å². The summed E-state index contributed by atoms with van der Waals surface area (Å²) >= 11 is 0. The Balaban J connectivity index is 2.86. The zero-order valence-corrected chi connectivity index (χ0v) is 7.99. The fourth-order valence-electron chi connectivity index (χ4n) is 1.07. The third-order valence-corrected chi connectivity index (χ3v) is 1.75. The maximum absolute atomic E-state index is 8.29. The van der Waals surface area contributed by atoms with Gasteiger partial charge in [-0.3, -0.25) is 5.32 Å². The molecule has 0 spiro atoms. The number of aryl methyl sites for hydroxylation is 1. The molecule has 0 fully saturated rings. The van der Waals surface area contributed by atoms with Crippen molar-refractivity contribution in [3.63, 3.8) is 0 Å². The van der Waals surface area contributed by atoms with Crippen molar-refractivity contribution in [2.75, 3.05) is 0 Å². The Bertz CT molecular complexity index is 376. The first kappa shape index (κ1) is 10.1. The summed E-state index contributed by atoms with van der Waals surface area (Å²) in [6.45, 7) is 2.07. The average Bonchev–Trinajstić information content (AvgIpc) is 2.18. The second-order valence-electron chi connectivity index (χ2n) is 2.76. The molecule has 0 radical (unpaired) electrons. The fraction of sp³-hybridized carbons (Fsp3) is 0.200. The van der Waals surface area contributed by atoms with Crippen molar-refractivity contribution in [2.24, 2.45) is 10.7 Å². The first-order valence-electron chi connectivity index (χ1n) is 4.34. The van der Waals surface area contributed by atoms with Crippen molar-refractivity contribution in [1.82, 2.24) is 5.32 Å². The second kappa shape index (κ2) is 4.87. The molecule has 1 rings (SSSR count). The summed E-state index contributed by atoms with van der Waals surface area (Å²) in [5, 5.41) is 10.6. The molecule has 1 aromatic carbocycles. The minimum absolute atomic E-state index is 0.112. The molecule has 14 heavy (non-hydrogen) atoms. The third-order valence-electron chi connectivity index (χ3n) is 1.75. The zero-order chi connectivity index (χ0) is 10.4. The van der Waals surface area contributed by atoms with Gasteiger partial charge in [0, 0.05) is 0 Å². The van der Waals surface area contributed by atoms with Crippen molar-refractivity contribution >= 4 is 11.6 Å². The number of rotatable bonds is 2. The molecular formula is C10H12N4. The molecule has 0 saturated heterocycles. The molecular weight excluding hydrogens is 176 g/mol. The molecule has 0 aliphatic rings. The van der Waals surface area contributed by atoms with Crippen LogP contribution in [0, 0.1) is 11.5 Å². The van der Waals surface area contributed by atoms with Gasteiger partial charge < -0.3 is 5.73 Å². The number of aliphatic imine (C=N–C) groups is 1. The maximum atomic E-state index is 8.29. The summed E-state index contributed by atoms with van der Waals surface area (Å²) in [5.74, 6) is 0.112. The monoisotopic (exact) mass is 188 g/mol. The maximum Gasteiger partial charge on any atom is 0.207 e. The molecule has 3 N–H and O–H groups in total. The van der Waals surface area contributed by atoms with E-state index >= 15 is 0 Å². The van der Waals surface area contributed by atoms with Gasteiger partial charge >= 0.3 is 0 Å². The number of hydrogen-bond acceptors (Lipinski definition) is 2. The van der Waals surface area contributed by atoms with Crippen molar-refractivity contribution in [3.05, 3.63) is 29.8 Å². The number of nitrogens with one attached hydrogen (secondary N) is 1. The van der Waals surface area contributed by atoms with E-state index in [1.54, 1.807) is 6.19 Å². The Morgan fingerprint density at radius 1 is 1.64 bits per heavy atom. The molecule has 0 atom stereocenters. The number of nitrogens with zero attached hydrogens (tertiary/aromatic N) is 2. The van der Waals surface area contributed by atoms with Gasteiger partial charge in [0.1, 0.15) is 0 Å². The van der Waals surface area contributed by atoms with Crippen LogP contribution < -0.4 is 11.1 Å². The highest BCUT2D eigenvalue weighted by atomic mass is 15.1. The Hall–Kier alpha value is -2.02. The van der Waals surface area contributed by atoms with E-state index in [9.17, 15) is 0 Å². The van der Waals surface area contributed by atoms with Crippen LogP contribution in [0.5, 0.6) is 0 Å². The molecule has 4 nitrogen and oxygen atoms in total. The van der Waals surface area contributed by atoms with Crippen LogP contribution in [0.3, 0.4) is 0 Å².